The summed E-state index contributed by atoms with van der Waals surface area (Å²) < 4.78 is 31.6. The van der Waals surface area contributed by atoms with Crippen molar-refractivity contribution < 1.29 is 17.9 Å². The summed E-state index contributed by atoms with van der Waals surface area (Å²) in [6.07, 6.45) is 3.26. The standard InChI is InChI=1S/C21H28N2O4S/c1-5-6-7-17-8-10-18(11-9-17)22-21(24)15-23(3)28(25,26)19-12-13-20(27-4)16(2)14-19/h8-14H,5-7,15H2,1-4H3,(H,22,24). The predicted octanol–water partition coefficient (Wildman–Crippen LogP) is 3.61. The largest absolute Gasteiger partial charge is 0.496 e. The van der Waals surface area contributed by atoms with Gasteiger partial charge >= 0.3 is 0 Å². The zero-order chi connectivity index (χ0) is 20.7. The third-order valence-electron chi connectivity index (χ3n) is 4.50. The number of methoxy groups -OCH3 is 1. The topological polar surface area (TPSA) is 75.7 Å². The van der Waals surface area contributed by atoms with E-state index in [2.05, 4.69) is 12.2 Å². The number of carbonyl (C=O) groups excluding carboxylic acids is 1. The van der Waals surface area contributed by atoms with Gasteiger partial charge in [-0.05, 0) is 61.2 Å². The van der Waals surface area contributed by atoms with E-state index in [0.717, 1.165) is 23.6 Å². The molecule has 2 aromatic carbocycles. The van der Waals surface area contributed by atoms with E-state index >= 15 is 0 Å². The van der Waals surface area contributed by atoms with Crippen LogP contribution in [0.25, 0.3) is 0 Å². The SMILES string of the molecule is CCCCc1ccc(NC(=O)CN(C)S(=O)(=O)c2ccc(OC)c(C)c2)cc1. The van der Waals surface area contributed by atoms with Crippen molar-refractivity contribution in [3.63, 3.8) is 0 Å². The van der Waals surface area contributed by atoms with Crippen molar-refractivity contribution in [2.75, 3.05) is 26.0 Å². The fourth-order valence-electron chi connectivity index (χ4n) is 2.81. The zero-order valence-corrected chi connectivity index (χ0v) is 17.7. The highest BCUT2D eigenvalue weighted by Gasteiger charge is 2.23. The van der Waals surface area contributed by atoms with Crippen molar-refractivity contribution in [3.05, 3.63) is 53.6 Å². The number of likely N-dealkylation sites (N-methyl/N-ethyl adjacent to an activating group) is 1. The minimum absolute atomic E-state index is 0.126. The molecule has 0 aromatic heterocycles. The van der Waals surface area contributed by atoms with Crippen LogP contribution in [0.2, 0.25) is 0 Å². The van der Waals surface area contributed by atoms with E-state index in [1.807, 2.05) is 24.3 Å². The molecule has 0 saturated heterocycles. The molecule has 0 aliphatic carbocycles. The summed E-state index contributed by atoms with van der Waals surface area (Å²) in [6.45, 7) is 3.64. The summed E-state index contributed by atoms with van der Waals surface area (Å²) in [4.78, 5) is 12.4. The van der Waals surface area contributed by atoms with Crippen LogP contribution in [-0.2, 0) is 21.2 Å². The molecule has 7 heteroatoms. The van der Waals surface area contributed by atoms with E-state index in [-0.39, 0.29) is 11.4 Å². The second-order valence-electron chi connectivity index (χ2n) is 6.74. The van der Waals surface area contributed by atoms with Gasteiger partial charge in [0.1, 0.15) is 5.75 Å². The van der Waals surface area contributed by atoms with Gasteiger partial charge in [-0.1, -0.05) is 25.5 Å². The molecule has 0 atom stereocenters. The van der Waals surface area contributed by atoms with Gasteiger partial charge in [-0.15, -0.1) is 0 Å². The molecule has 0 aliphatic rings. The lowest BCUT2D eigenvalue weighted by Crippen LogP contribution is -2.35. The van der Waals surface area contributed by atoms with Gasteiger partial charge in [-0.25, -0.2) is 8.42 Å². The van der Waals surface area contributed by atoms with Gasteiger partial charge in [0.15, 0.2) is 0 Å². The highest BCUT2D eigenvalue weighted by molar-refractivity contribution is 7.89. The molecule has 0 bridgehead atoms. The first-order valence-corrected chi connectivity index (χ1v) is 10.7. The quantitative estimate of drug-likeness (QED) is 0.693. The average molecular weight is 405 g/mol. The van der Waals surface area contributed by atoms with E-state index < -0.39 is 15.9 Å². The number of hydrogen-bond donors (Lipinski definition) is 1. The number of unbranched alkanes of at least 4 members (excludes halogenated alkanes) is 1. The Hall–Kier alpha value is -2.38. The molecular weight excluding hydrogens is 376 g/mol. The third-order valence-corrected chi connectivity index (χ3v) is 6.30. The van der Waals surface area contributed by atoms with Crippen molar-refractivity contribution in [1.82, 2.24) is 4.31 Å². The first-order valence-electron chi connectivity index (χ1n) is 9.27. The summed E-state index contributed by atoms with van der Waals surface area (Å²) in [6, 6.07) is 12.3. The number of hydrogen-bond acceptors (Lipinski definition) is 4. The van der Waals surface area contributed by atoms with Crippen molar-refractivity contribution in [2.45, 2.75) is 38.0 Å². The molecular formula is C21H28N2O4S. The van der Waals surface area contributed by atoms with Crippen LogP contribution in [0, 0.1) is 6.92 Å². The van der Waals surface area contributed by atoms with Gasteiger partial charge in [0.2, 0.25) is 15.9 Å². The molecule has 0 aliphatic heterocycles. The number of nitrogens with one attached hydrogen (secondary N) is 1. The highest BCUT2D eigenvalue weighted by Crippen LogP contribution is 2.23. The lowest BCUT2D eigenvalue weighted by molar-refractivity contribution is -0.116. The Balaban J connectivity index is 2.01. The van der Waals surface area contributed by atoms with E-state index in [4.69, 9.17) is 4.74 Å². The van der Waals surface area contributed by atoms with E-state index in [1.54, 1.807) is 13.0 Å². The molecule has 6 nitrogen and oxygen atoms in total. The lowest BCUT2D eigenvalue weighted by atomic mass is 10.1. The number of rotatable bonds is 9. The van der Waals surface area contributed by atoms with Crippen LogP contribution < -0.4 is 10.1 Å². The lowest BCUT2D eigenvalue weighted by Gasteiger charge is -2.18. The molecule has 0 spiro atoms. The van der Waals surface area contributed by atoms with Crippen LogP contribution in [0.4, 0.5) is 5.69 Å². The Labute approximate surface area is 167 Å². The Morgan fingerprint density at radius 3 is 2.39 bits per heavy atom. The first-order chi connectivity index (χ1) is 13.3. The number of nitrogens with zero attached hydrogens (tertiary/aromatic N) is 1. The second kappa shape index (κ2) is 9.71. The Kier molecular flexibility index (Phi) is 7.60. The molecule has 28 heavy (non-hydrogen) atoms. The van der Waals surface area contributed by atoms with Gasteiger partial charge in [-0.2, -0.15) is 4.31 Å². The minimum atomic E-state index is -3.77. The highest BCUT2D eigenvalue weighted by atomic mass is 32.2. The van der Waals surface area contributed by atoms with Crippen LogP contribution in [0.1, 0.15) is 30.9 Å². The van der Waals surface area contributed by atoms with Crippen molar-refractivity contribution >= 4 is 21.6 Å². The fourth-order valence-corrected chi connectivity index (χ4v) is 4.03. The number of carbonyl (C=O) groups is 1. The minimum Gasteiger partial charge on any atom is -0.496 e. The zero-order valence-electron chi connectivity index (χ0n) is 16.9. The van der Waals surface area contributed by atoms with E-state index in [0.29, 0.717) is 17.0 Å². The number of aryl methyl sites for hydroxylation is 2. The maximum Gasteiger partial charge on any atom is 0.243 e. The fraction of sp³-hybridized carbons (Fsp3) is 0.381. The molecule has 1 amide bonds. The maximum absolute atomic E-state index is 12.7. The molecule has 0 unspecified atom stereocenters. The number of sulfonamides is 1. The number of benzene rings is 2. The molecule has 0 saturated carbocycles. The van der Waals surface area contributed by atoms with E-state index in [1.165, 1.54) is 31.9 Å². The van der Waals surface area contributed by atoms with Crippen LogP contribution in [0.3, 0.4) is 0 Å². The number of amides is 1. The van der Waals surface area contributed by atoms with Crippen molar-refractivity contribution in [3.8, 4) is 5.75 Å². The van der Waals surface area contributed by atoms with Gasteiger partial charge in [0.25, 0.3) is 0 Å². The van der Waals surface area contributed by atoms with Crippen LogP contribution in [0.15, 0.2) is 47.4 Å². The first kappa shape index (κ1) is 21.9. The normalized spacial score (nSPS) is 11.5. The summed E-state index contributed by atoms with van der Waals surface area (Å²) in [5.41, 5.74) is 2.58. The summed E-state index contributed by atoms with van der Waals surface area (Å²) >= 11 is 0. The molecule has 0 heterocycles. The molecule has 0 radical (unpaired) electrons. The third kappa shape index (κ3) is 5.56. The smallest absolute Gasteiger partial charge is 0.243 e. The van der Waals surface area contributed by atoms with Crippen LogP contribution in [-0.4, -0.2) is 39.3 Å². The molecule has 2 rings (SSSR count). The maximum atomic E-state index is 12.7. The van der Waals surface area contributed by atoms with Crippen molar-refractivity contribution in [2.24, 2.45) is 0 Å². The summed E-state index contributed by atoms with van der Waals surface area (Å²) in [7, 11) is -0.852. The monoisotopic (exact) mass is 404 g/mol. The molecule has 0 fully saturated rings. The second-order valence-corrected chi connectivity index (χ2v) is 8.79. The van der Waals surface area contributed by atoms with Gasteiger partial charge in [0.05, 0.1) is 18.6 Å². The van der Waals surface area contributed by atoms with Gasteiger partial charge in [-0.3, -0.25) is 4.79 Å². The van der Waals surface area contributed by atoms with Gasteiger partial charge in [0, 0.05) is 12.7 Å². The van der Waals surface area contributed by atoms with Crippen LogP contribution in [0.5, 0.6) is 5.75 Å². The summed E-state index contributed by atoms with van der Waals surface area (Å²) in [5.74, 6) is 0.222. The van der Waals surface area contributed by atoms with Crippen LogP contribution >= 0.6 is 0 Å². The Bertz CT molecular complexity index is 909. The Morgan fingerprint density at radius 2 is 1.82 bits per heavy atom. The Morgan fingerprint density at radius 1 is 1.14 bits per heavy atom. The average Bonchev–Trinajstić information content (AvgIpc) is 2.67. The molecule has 2 aromatic rings. The van der Waals surface area contributed by atoms with E-state index in [9.17, 15) is 13.2 Å². The molecule has 1 N–H and O–H groups in total. The van der Waals surface area contributed by atoms with Gasteiger partial charge < -0.3 is 10.1 Å². The number of ether oxygens (including phenoxy) is 1. The molecule has 152 valence electrons. The number of anilines is 1. The van der Waals surface area contributed by atoms with Crippen molar-refractivity contribution in [1.29, 1.82) is 0 Å². The summed E-state index contributed by atoms with van der Waals surface area (Å²) in [5, 5.41) is 2.74. The predicted molar refractivity (Wildman–Crippen MR) is 111 cm³/mol.